The van der Waals surface area contributed by atoms with Gasteiger partial charge >= 0.3 is 0 Å². The molecule has 150 valence electrons. The minimum Gasteiger partial charge on any atom is -0.497 e. The molecular formula is C23H32O3Si2. The van der Waals surface area contributed by atoms with Crippen molar-refractivity contribution < 1.29 is 13.9 Å². The van der Waals surface area contributed by atoms with Gasteiger partial charge in [-0.25, -0.2) is 0 Å². The number of hydrogen-bond acceptors (Lipinski definition) is 3. The minimum absolute atomic E-state index is 0.264. The van der Waals surface area contributed by atoms with Gasteiger partial charge in [0.25, 0.3) is 0 Å². The van der Waals surface area contributed by atoms with Crippen molar-refractivity contribution in [3.05, 3.63) is 59.7 Å². The summed E-state index contributed by atoms with van der Waals surface area (Å²) < 4.78 is 17.9. The van der Waals surface area contributed by atoms with Crippen molar-refractivity contribution in [3.63, 3.8) is 0 Å². The Hall–Kier alpha value is -2.01. The average Bonchev–Trinajstić information content (AvgIpc) is 2.62. The van der Waals surface area contributed by atoms with Crippen LogP contribution in [0.5, 0.6) is 11.5 Å². The Morgan fingerprint density at radius 2 is 1.64 bits per heavy atom. The van der Waals surface area contributed by atoms with E-state index in [1.807, 2.05) is 42.5 Å². The summed E-state index contributed by atoms with van der Waals surface area (Å²) in [5.41, 5.74) is 5.53. The van der Waals surface area contributed by atoms with E-state index in [0.717, 1.165) is 22.6 Å². The van der Waals surface area contributed by atoms with Crippen molar-refractivity contribution >= 4 is 16.4 Å². The van der Waals surface area contributed by atoms with E-state index in [0.29, 0.717) is 6.61 Å². The molecule has 1 atom stereocenters. The normalized spacial score (nSPS) is 12.7. The van der Waals surface area contributed by atoms with Gasteiger partial charge in [-0.2, -0.15) is 0 Å². The highest BCUT2D eigenvalue weighted by atomic mass is 28.4. The van der Waals surface area contributed by atoms with Crippen LogP contribution in [0.1, 0.15) is 17.2 Å². The Kier molecular flexibility index (Phi) is 7.53. The van der Waals surface area contributed by atoms with Crippen LogP contribution in [0.15, 0.2) is 48.5 Å². The van der Waals surface area contributed by atoms with Crippen LogP contribution >= 0.6 is 0 Å². The average molecular weight is 413 g/mol. The fourth-order valence-electron chi connectivity index (χ4n) is 2.56. The molecule has 0 aliphatic rings. The van der Waals surface area contributed by atoms with Crippen LogP contribution in [0.4, 0.5) is 0 Å². The van der Waals surface area contributed by atoms with E-state index in [9.17, 15) is 0 Å². The standard InChI is InChI=1S/C23H32O3Si2/c1-24-20-12-10-11-19(17-20)18-25-22-14-9-8-13-21(22)23(26-28(5,6)7)15-16-27(2,3)4/h8-14,17,23H,18H2,1-7H3. The van der Waals surface area contributed by atoms with Gasteiger partial charge in [-0.3, -0.25) is 0 Å². The van der Waals surface area contributed by atoms with Crippen LogP contribution in [-0.2, 0) is 11.0 Å². The highest BCUT2D eigenvalue weighted by molar-refractivity contribution is 6.83. The summed E-state index contributed by atoms with van der Waals surface area (Å²) in [4.78, 5) is 0. The molecular weight excluding hydrogens is 380 g/mol. The molecule has 0 aliphatic carbocycles. The van der Waals surface area contributed by atoms with Gasteiger partial charge in [-0.15, -0.1) is 5.54 Å². The maximum absolute atomic E-state index is 6.44. The number of rotatable bonds is 7. The van der Waals surface area contributed by atoms with Crippen molar-refractivity contribution in [2.75, 3.05) is 7.11 Å². The molecule has 1 unspecified atom stereocenters. The van der Waals surface area contributed by atoms with Crippen LogP contribution in [-0.4, -0.2) is 23.5 Å². The highest BCUT2D eigenvalue weighted by Gasteiger charge is 2.24. The van der Waals surface area contributed by atoms with E-state index >= 15 is 0 Å². The van der Waals surface area contributed by atoms with Crippen LogP contribution in [0.2, 0.25) is 39.3 Å². The molecule has 28 heavy (non-hydrogen) atoms. The second-order valence-electron chi connectivity index (χ2n) is 8.81. The zero-order valence-corrected chi connectivity index (χ0v) is 20.1. The third-order valence-electron chi connectivity index (χ3n) is 3.78. The number of methoxy groups -OCH3 is 1. The fourth-order valence-corrected chi connectivity index (χ4v) is 4.02. The molecule has 0 fully saturated rings. The predicted molar refractivity (Wildman–Crippen MR) is 122 cm³/mol. The Bertz CT molecular complexity index is 839. The van der Waals surface area contributed by atoms with Crippen LogP contribution in [0.25, 0.3) is 0 Å². The third-order valence-corrected chi connectivity index (χ3v) is 5.62. The Labute approximate surface area is 172 Å². The molecule has 0 spiro atoms. The molecule has 0 aliphatic heterocycles. The summed E-state index contributed by atoms with van der Waals surface area (Å²) in [6.07, 6.45) is -0.264. The molecule has 2 aromatic carbocycles. The molecule has 0 saturated heterocycles. The predicted octanol–water partition coefficient (Wildman–Crippen LogP) is 6.05. The zero-order valence-electron chi connectivity index (χ0n) is 18.1. The Morgan fingerprint density at radius 3 is 2.29 bits per heavy atom. The van der Waals surface area contributed by atoms with E-state index in [4.69, 9.17) is 13.9 Å². The summed E-state index contributed by atoms with van der Waals surface area (Å²) in [5, 5.41) is 0. The topological polar surface area (TPSA) is 27.7 Å². The highest BCUT2D eigenvalue weighted by Crippen LogP contribution is 2.30. The van der Waals surface area contributed by atoms with Gasteiger partial charge in [0.15, 0.2) is 8.32 Å². The van der Waals surface area contributed by atoms with Gasteiger partial charge in [0, 0.05) is 5.56 Å². The van der Waals surface area contributed by atoms with Crippen LogP contribution < -0.4 is 9.47 Å². The van der Waals surface area contributed by atoms with Gasteiger partial charge < -0.3 is 13.9 Å². The Balaban J connectivity index is 2.30. The number of para-hydroxylation sites is 1. The van der Waals surface area contributed by atoms with Gasteiger partial charge in [0.2, 0.25) is 0 Å². The first kappa shape index (κ1) is 22.3. The molecule has 0 bridgehead atoms. The second-order valence-corrected chi connectivity index (χ2v) is 18.0. The number of benzene rings is 2. The third kappa shape index (κ3) is 7.55. The lowest BCUT2D eigenvalue weighted by Crippen LogP contribution is -2.28. The lowest BCUT2D eigenvalue weighted by atomic mass is 10.1. The van der Waals surface area contributed by atoms with Crippen molar-refractivity contribution in [1.29, 1.82) is 0 Å². The quantitative estimate of drug-likeness (QED) is 0.409. The largest absolute Gasteiger partial charge is 0.497 e. The van der Waals surface area contributed by atoms with E-state index in [1.165, 1.54) is 0 Å². The van der Waals surface area contributed by atoms with Gasteiger partial charge in [0.1, 0.15) is 32.3 Å². The molecule has 3 nitrogen and oxygen atoms in total. The first-order chi connectivity index (χ1) is 13.1. The summed E-state index contributed by atoms with van der Waals surface area (Å²) in [7, 11) is -1.62. The zero-order chi connectivity index (χ0) is 20.8. The van der Waals surface area contributed by atoms with Crippen molar-refractivity contribution in [2.24, 2.45) is 0 Å². The van der Waals surface area contributed by atoms with Crippen molar-refractivity contribution in [1.82, 2.24) is 0 Å². The molecule has 0 heterocycles. The van der Waals surface area contributed by atoms with E-state index in [1.54, 1.807) is 7.11 Å². The molecule has 2 aromatic rings. The maximum atomic E-state index is 6.44. The smallest absolute Gasteiger partial charge is 0.185 e. The van der Waals surface area contributed by atoms with Gasteiger partial charge in [-0.05, 0) is 43.4 Å². The SMILES string of the molecule is COc1cccc(COc2ccccc2C(C#C[Si](C)(C)C)O[Si](C)(C)C)c1. The fraction of sp³-hybridized carbons (Fsp3) is 0.391. The van der Waals surface area contributed by atoms with E-state index in [2.05, 4.69) is 56.8 Å². The van der Waals surface area contributed by atoms with Gasteiger partial charge in [0.05, 0.1) is 7.11 Å². The summed E-state index contributed by atoms with van der Waals surface area (Å²) >= 11 is 0. The number of hydrogen-bond donors (Lipinski definition) is 0. The first-order valence-corrected chi connectivity index (χ1v) is 16.5. The maximum Gasteiger partial charge on any atom is 0.185 e. The summed E-state index contributed by atoms with van der Waals surface area (Å²) in [6, 6.07) is 16.0. The molecule has 5 heteroatoms. The summed E-state index contributed by atoms with van der Waals surface area (Å²) in [6.45, 7) is 13.8. The van der Waals surface area contributed by atoms with E-state index in [-0.39, 0.29) is 6.10 Å². The molecule has 0 amide bonds. The molecule has 0 aromatic heterocycles. The second kappa shape index (κ2) is 9.46. The lowest BCUT2D eigenvalue weighted by molar-refractivity contribution is 0.241. The Morgan fingerprint density at radius 1 is 0.929 bits per heavy atom. The molecule has 2 rings (SSSR count). The monoisotopic (exact) mass is 412 g/mol. The van der Waals surface area contributed by atoms with Crippen LogP contribution in [0.3, 0.4) is 0 Å². The first-order valence-electron chi connectivity index (χ1n) is 9.62. The van der Waals surface area contributed by atoms with Crippen molar-refractivity contribution in [3.8, 4) is 23.0 Å². The lowest BCUT2D eigenvalue weighted by Gasteiger charge is -2.25. The summed E-state index contributed by atoms with van der Waals surface area (Å²) in [5.74, 6) is 5.06. The molecule has 0 N–H and O–H groups in total. The van der Waals surface area contributed by atoms with E-state index < -0.39 is 16.4 Å². The van der Waals surface area contributed by atoms with Gasteiger partial charge in [-0.1, -0.05) is 55.9 Å². The molecule has 0 radical (unpaired) electrons. The minimum atomic E-state index is -1.78. The molecule has 0 saturated carbocycles. The van der Waals surface area contributed by atoms with Crippen molar-refractivity contribution in [2.45, 2.75) is 52.0 Å². The van der Waals surface area contributed by atoms with Crippen LogP contribution in [0, 0.1) is 11.5 Å². The number of ether oxygens (including phenoxy) is 2.